The molecule has 0 aliphatic heterocycles. The lowest BCUT2D eigenvalue weighted by Gasteiger charge is -2.21. The quantitative estimate of drug-likeness (QED) is 0.722. The van der Waals surface area contributed by atoms with E-state index >= 15 is 0 Å². The van der Waals surface area contributed by atoms with Gasteiger partial charge in [0.05, 0.1) is 0 Å². The number of aromatic carboxylic acids is 1. The predicted octanol–water partition coefficient (Wildman–Crippen LogP) is 5.13. The highest BCUT2D eigenvalue weighted by Crippen LogP contribution is 2.41. The fraction of sp³-hybridized carbons (Fsp3) is 0.167. The highest BCUT2D eigenvalue weighted by molar-refractivity contribution is 6.03. The van der Waals surface area contributed by atoms with Crippen LogP contribution in [-0.4, -0.2) is 17.3 Å². The van der Waals surface area contributed by atoms with Crippen LogP contribution in [0.15, 0.2) is 52.9 Å². The molecule has 3 aromatic rings. The molecule has 1 N–H and O–H groups in total. The first-order valence-electron chi connectivity index (χ1n) is 7.17. The molecule has 124 valence electrons. The lowest BCUT2D eigenvalue weighted by atomic mass is 9.89. The molecule has 1 heterocycles. The molecular weight excluding hydrogens is 321 g/mol. The molecule has 2 aromatic carbocycles. The van der Waals surface area contributed by atoms with Gasteiger partial charge in [-0.2, -0.15) is 13.2 Å². The van der Waals surface area contributed by atoms with E-state index in [2.05, 4.69) is 0 Å². The number of alkyl halides is 3. The minimum absolute atomic E-state index is 0.0236. The Labute approximate surface area is 135 Å². The summed E-state index contributed by atoms with van der Waals surface area (Å²) in [4.78, 5) is 11.4. The summed E-state index contributed by atoms with van der Waals surface area (Å²) < 4.78 is 46.2. The fourth-order valence-electron chi connectivity index (χ4n) is 2.90. The zero-order valence-electron chi connectivity index (χ0n) is 12.6. The third-order valence-electron chi connectivity index (χ3n) is 3.90. The normalized spacial score (nSPS) is 13.2. The van der Waals surface area contributed by atoms with Crippen LogP contribution in [0.4, 0.5) is 13.2 Å². The first kappa shape index (κ1) is 16.1. The van der Waals surface area contributed by atoms with Gasteiger partial charge < -0.3 is 9.52 Å². The van der Waals surface area contributed by atoms with E-state index in [0.717, 1.165) is 0 Å². The van der Waals surface area contributed by atoms with Gasteiger partial charge in [0.1, 0.15) is 22.8 Å². The summed E-state index contributed by atoms with van der Waals surface area (Å²) in [6.07, 6.45) is -4.50. The van der Waals surface area contributed by atoms with Gasteiger partial charge in [-0.3, -0.25) is 0 Å². The van der Waals surface area contributed by atoms with Crippen molar-refractivity contribution in [2.75, 3.05) is 0 Å². The second kappa shape index (κ2) is 5.70. The van der Waals surface area contributed by atoms with E-state index in [9.17, 15) is 23.1 Å². The maximum atomic E-state index is 13.6. The molecule has 0 saturated heterocycles. The second-order valence-corrected chi connectivity index (χ2v) is 5.48. The minimum atomic E-state index is -4.50. The summed E-state index contributed by atoms with van der Waals surface area (Å²) in [5.41, 5.74) is 0.217. The Morgan fingerprint density at radius 3 is 2.33 bits per heavy atom. The molecule has 1 atom stereocenters. The number of benzene rings is 2. The van der Waals surface area contributed by atoms with Crippen LogP contribution in [0.3, 0.4) is 0 Å². The van der Waals surface area contributed by atoms with Gasteiger partial charge in [-0.05, 0) is 30.2 Å². The Kier molecular flexibility index (Phi) is 3.83. The summed E-state index contributed by atoms with van der Waals surface area (Å²) in [5, 5.41) is 9.45. The van der Waals surface area contributed by atoms with Crippen molar-refractivity contribution in [3.05, 3.63) is 71.0 Å². The highest BCUT2D eigenvalue weighted by atomic mass is 19.4. The maximum absolute atomic E-state index is 13.6. The topological polar surface area (TPSA) is 50.4 Å². The number of carboxylic acid groups (broad SMARTS) is 1. The fourth-order valence-corrected chi connectivity index (χ4v) is 2.90. The van der Waals surface area contributed by atoms with E-state index in [0.29, 0.717) is 0 Å². The molecule has 0 amide bonds. The van der Waals surface area contributed by atoms with Crippen molar-refractivity contribution in [3.63, 3.8) is 0 Å². The standard InChI is InChI=1S/C18H13F3O3/c1-10-15(17(22)23)13-9-12(7-8-14(13)24-10)16(18(19,20)21)11-5-3-2-4-6-11/h2-9,16H,1H3,(H,22,23). The lowest BCUT2D eigenvalue weighted by Crippen LogP contribution is -2.22. The first-order valence-corrected chi connectivity index (χ1v) is 7.17. The van der Waals surface area contributed by atoms with E-state index in [1.807, 2.05) is 0 Å². The molecule has 0 aliphatic carbocycles. The molecule has 6 heteroatoms. The average molecular weight is 334 g/mol. The molecule has 3 rings (SSSR count). The maximum Gasteiger partial charge on any atom is 0.399 e. The van der Waals surface area contributed by atoms with Crippen LogP contribution < -0.4 is 0 Å². The molecule has 0 spiro atoms. The molecule has 0 bridgehead atoms. The Balaban J connectivity index is 2.22. The Morgan fingerprint density at radius 2 is 1.75 bits per heavy atom. The Hall–Kier alpha value is -2.76. The number of halogens is 3. The van der Waals surface area contributed by atoms with E-state index in [-0.39, 0.29) is 33.4 Å². The Morgan fingerprint density at radius 1 is 1.08 bits per heavy atom. The number of furan rings is 1. The number of fused-ring (bicyclic) bond motifs is 1. The van der Waals surface area contributed by atoms with Gasteiger partial charge in [-0.25, -0.2) is 4.79 Å². The zero-order chi connectivity index (χ0) is 17.5. The number of hydrogen-bond donors (Lipinski definition) is 1. The number of hydrogen-bond acceptors (Lipinski definition) is 2. The SMILES string of the molecule is Cc1oc2ccc(C(c3ccccc3)C(F)(F)F)cc2c1C(=O)O. The van der Waals surface area contributed by atoms with Crippen molar-refractivity contribution in [1.82, 2.24) is 0 Å². The van der Waals surface area contributed by atoms with Crippen molar-refractivity contribution in [2.45, 2.75) is 19.0 Å². The molecule has 0 aliphatic rings. The van der Waals surface area contributed by atoms with Gasteiger partial charge in [0, 0.05) is 5.39 Å². The van der Waals surface area contributed by atoms with Crippen molar-refractivity contribution >= 4 is 16.9 Å². The zero-order valence-corrected chi connectivity index (χ0v) is 12.6. The summed E-state index contributed by atoms with van der Waals surface area (Å²) in [5.74, 6) is -2.90. The number of carboxylic acids is 1. The third kappa shape index (κ3) is 2.75. The summed E-state index contributed by atoms with van der Waals surface area (Å²) in [6.45, 7) is 1.47. The van der Waals surface area contributed by atoms with Gasteiger partial charge in [0.15, 0.2) is 0 Å². The van der Waals surface area contributed by atoms with Crippen LogP contribution in [0.5, 0.6) is 0 Å². The highest BCUT2D eigenvalue weighted by Gasteiger charge is 2.42. The molecule has 0 fully saturated rings. The molecule has 3 nitrogen and oxygen atoms in total. The van der Waals surface area contributed by atoms with Crippen molar-refractivity contribution in [2.24, 2.45) is 0 Å². The monoisotopic (exact) mass is 334 g/mol. The van der Waals surface area contributed by atoms with Crippen molar-refractivity contribution in [1.29, 1.82) is 0 Å². The van der Waals surface area contributed by atoms with Gasteiger partial charge in [-0.15, -0.1) is 0 Å². The minimum Gasteiger partial charge on any atom is -0.478 e. The molecule has 0 radical (unpaired) electrons. The average Bonchev–Trinajstić information content (AvgIpc) is 2.82. The van der Waals surface area contributed by atoms with Crippen molar-refractivity contribution in [3.8, 4) is 0 Å². The van der Waals surface area contributed by atoms with Crippen molar-refractivity contribution < 1.29 is 27.5 Å². The van der Waals surface area contributed by atoms with Crippen LogP contribution in [0.1, 0.15) is 33.2 Å². The molecule has 24 heavy (non-hydrogen) atoms. The van der Waals surface area contributed by atoms with E-state index in [1.165, 1.54) is 49.4 Å². The lowest BCUT2D eigenvalue weighted by molar-refractivity contribution is -0.141. The second-order valence-electron chi connectivity index (χ2n) is 5.48. The van der Waals surface area contributed by atoms with Gasteiger partial charge >= 0.3 is 12.1 Å². The Bertz CT molecular complexity index is 895. The van der Waals surface area contributed by atoms with Crippen LogP contribution in [0.25, 0.3) is 11.0 Å². The van der Waals surface area contributed by atoms with Gasteiger partial charge in [-0.1, -0.05) is 36.4 Å². The molecule has 1 aromatic heterocycles. The third-order valence-corrected chi connectivity index (χ3v) is 3.90. The van der Waals surface area contributed by atoms with Crippen LogP contribution in [-0.2, 0) is 0 Å². The smallest absolute Gasteiger partial charge is 0.399 e. The van der Waals surface area contributed by atoms with E-state index < -0.39 is 18.1 Å². The van der Waals surface area contributed by atoms with Gasteiger partial charge in [0.2, 0.25) is 0 Å². The van der Waals surface area contributed by atoms with E-state index in [1.54, 1.807) is 6.07 Å². The van der Waals surface area contributed by atoms with Crippen LogP contribution in [0, 0.1) is 6.92 Å². The predicted molar refractivity (Wildman–Crippen MR) is 82.3 cm³/mol. The number of rotatable bonds is 3. The number of aryl methyl sites for hydroxylation is 1. The number of carbonyl (C=O) groups is 1. The summed E-state index contributed by atoms with van der Waals surface area (Å²) in [6, 6.07) is 11.5. The van der Waals surface area contributed by atoms with Gasteiger partial charge in [0.25, 0.3) is 0 Å². The van der Waals surface area contributed by atoms with E-state index in [4.69, 9.17) is 4.42 Å². The van der Waals surface area contributed by atoms with Crippen LogP contribution in [0.2, 0.25) is 0 Å². The molecule has 0 saturated carbocycles. The summed E-state index contributed by atoms with van der Waals surface area (Å²) >= 11 is 0. The molecule has 1 unspecified atom stereocenters. The summed E-state index contributed by atoms with van der Waals surface area (Å²) in [7, 11) is 0. The molecular formula is C18H13F3O3. The first-order chi connectivity index (χ1) is 11.3. The largest absolute Gasteiger partial charge is 0.478 e. The van der Waals surface area contributed by atoms with Crippen LogP contribution >= 0.6 is 0 Å².